The number of amides is 1. The van der Waals surface area contributed by atoms with Crippen molar-refractivity contribution in [3.8, 4) is 5.75 Å². The molecule has 2 aromatic rings. The lowest BCUT2D eigenvalue weighted by molar-refractivity contribution is -0.124. The third-order valence-corrected chi connectivity index (χ3v) is 6.23. The number of hydrogen-bond donors (Lipinski definition) is 1. The number of oxazole rings is 1. The highest BCUT2D eigenvalue weighted by atomic mass is 16.5. The van der Waals surface area contributed by atoms with Crippen molar-refractivity contribution in [2.45, 2.75) is 50.5 Å². The van der Waals surface area contributed by atoms with Crippen LogP contribution in [0.3, 0.4) is 0 Å². The molecule has 4 rings (SSSR count). The van der Waals surface area contributed by atoms with Gasteiger partial charge in [0.2, 0.25) is 5.91 Å². The van der Waals surface area contributed by atoms with Gasteiger partial charge in [-0.3, -0.25) is 4.79 Å². The molecular formula is C22H31N3O4. The first-order valence-corrected chi connectivity index (χ1v) is 10.6. The molecule has 2 aliphatic rings. The lowest BCUT2D eigenvalue weighted by Gasteiger charge is -2.33. The molecule has 158 valence electrons. The minimum Gasteiger partial charge on any atom is -0.497 e. The van der Waals surface area contributed by atoms with E-state index in [0.29, 0.717) is 25.0 Å². The van der Waals surface area contributed by atoms with Crippen LogP contribution in [0.25, 0.3) is 11.1 Å². The summed E-state index contributed by atoms with van der Waals surface area (Å²) >= 11 is 0. The fourth-order valence-corrected chi connectivity index (χ4v) is 4.81. The van der Waals surface area contributed by atoms with E-state index in [4.69, 9.17) is 13.9 Å². The molecule has 1 aliphatic carbocycles. The second-order valence-electron chi connectivity index (χ2n) is 8.46. The zero-order valence-electron chi connectivity index (χ0n) is 17.4. The van der Waals surface area contributed by atoms with Crippen LogP contribution in [0.4, 0.5) is 6.01 Å². The number of anilines is 1. The van der Waals surface area contributed by atoms with Gasteiger partial charge in [0, 0.05) is 32.7 Å². The lowest BCUT2D eigenvalue weighted by atomic mass is 9.93. The summed E-state index contributed by atoms with van der Waals surface area (Å²) in [5.74, 6) is 1.20. The first-order chi connectivity index (χ1) is 14.1. The summed E-state index contributed by atoms with van der Waals surface area (Å²) in [5.41, 5.74) is 1.38. The fourth-order valence-electron chi connectivity index (χ4n) is 4.81. The summed E-state index contributed by atoms with van der Waals surface area (Å²) in [4.78, 5) is 19.6. The highest BCUT2D eigenvalue weighted by Crippen LogP contribution is 2.32. The summed E-state index contributed by atoms with van der Waals surface area (Å²) in [6, 6.07) is 6.27. The van der Waals surface area contributed by atoms with Crippen molar-refractivity contribution in [2.75, 3.05) is 38.8 Å². The van der Waals surface area contributed by atoms with Gasteiger partial charge in [0.1, 0.15) is 11.3 Å². The first kappa shape index (κ1) is 20.0. The standard InChI is InChI=1S/C22H31N3O4/c1-27-15-22(9-3-4-10-22)24-20(26)12-16-6-5-11-25(14-16)21-23-18-13-17(28-2)7-8-19(18)29-21/h7-8,13,16H,3-6,9-12,14-15H2,1-2H3,(H,24,26). The average molecular weight is 402 g/mol. The lowest BCUT2D eigenvalue weighted by Crippen LogP contribution is -2.50. The number of aromatic nitrogens is 1. The van der Waals surface area contributed by atoms with Crippen LogP contribution in [0.5, 0.6) is 5.75 Å². The topological polar surface area (TPSA) is 76.8 Å². The Kier molecular flexibility index (Phi) is 5.94. The van der Waals surface area contributed by atoms with Crippen molar-refractivity contribution >= 4 is 23.0 Å². The van der Waals surface area contributed by atoms with E-state index in [1.165, 1.54) is 0 Å². The minimum absolute atomic E-state index is 0.137. The van der Waals surface area contributed by atoms with E-state index in [9.17, 15) is 4.79 Å². The molecule has 7 heteroatoms. The largest absolute Gasteiger partial charge is 0.497 e. The number of carbonyl (C=O) groups is 1. The molecule has 29 heavy (non-hydrogen) atoms. The Balaban J connectivity index is 1.38. The Hall–Kier alpha value is -2.28. The molecule has 1 aromatic heterocycles. The van der Waals surface area contributed by atoms with Gasteiger partial charge in [0.05, 0.1) is 19.3 Å². The van der Waals surface area contributed by atoms with Crippen molar-refractivity contribution in [2.24, 2.45) is 5.92 Å². The zero-order valence-corrected chi connectivity index (χ0v) is 17.4. The van der Waals surface area contributed by atoms with E-state index in [-0.39, 0.29) is 11.4 Å². The van der Waals surface area contributed by atoms with Gasteiger partial charge in [-0.15, -0.1) is 0 Å². The third-order valence-electron chi connectivity index (χ3n) is 6.23. The molecule has 0 radical (unpaired) electrons. The van der Waals surface area contributed by atoms with E-state index >= 15 is 0 Å². The van der Waals surface area contributed by atoms with Crippen molar-refractivity contribution in [3.63, 3.8) is 0 Å². The van der Waals surface area contributed by atoms with Crippen LogP contribution in [-0.4, -0.2) is 50.3 Å². The van der Waals surface area contributed by atoms with Crippen LogP contribution in [0.2, 0.25) is 0 Å². The summed E-state index contributed by atoms with van der Waals surface area (Å²) in [6.07, 6.45) is 6.95. The maximum absolute atomic E-state index is 12.8. The molecule has 2 heterocycles. The van der Waals surface area contributed by atoms with Crippen molar-refractivity contribution in [1.82, 2.24) is 10.3 Å². The quantitative estimate of drug-likeness (QED) is 0.765. The number of nitrogens with zero attached hydrogens (tertiary/aromatic N) is 2. The number of ether oxygens (including phenoxy) is 2. The number of rotatable bonds is 7. The normalized spacial score (nSPS) is 21.4. The van der Waals surface area contributed by atoms with Crippen molar-refractivity contribution in [3.05, 3.63) is 18.2 Å². The maximum atomic E-state index is 12.8. The Morgan fingerprint density at radius 1 is 1.31 bits per heavy atom. The van der Waals surface area contributed by atoms with E-state index in [1.807, 2.05) is 18.2 Å². The maximum Gasteiger partial charge on any atom is 0.298 e. The van der Waals surface area contributed by atoms with E-state index < -0.39 is 0 Å². The molecule has 2 fully saturated rings. The molecule has 7 nitrogen and oxygen atoms in total. The predicted octanol–water partition coefficient (Wildman–Crippen LogP) is 3.52. The number of benzene rings is 1. The third kappa shape index (κ3) is 4.50. The molecule has 1 unspecified atom stereocenters. The van der Waals surface area contributed by atoms with E-state index in [0.717, 1.165) is 68.5 Å². The molecule has 1 atom stereocenters. The average Bonchev–Trinajstić information content (AvgIpc) is 3.34. The molecule has 0 bridgehead atoms. The van der Waals surface area contributed by atoms with Gasteiger partial charge in [-0.05, 0) is 43.7 Å². The highest BCUT2D eigenvalue weighted by Gasteiger charge is 2.36. The van der Waals surface area contributed by atoms with Crippen LogP contribution in [-0.2, 0) is 9.53 Å². The molecule has 1 amide bonds. The van der Waals surface area contributed by atoms with Gasteiger partial charge in [0.15, 0.2) is 5.58 Å². The SMILES string of the molecule is COCC1(NC(=O)CC2CCCN(c3nc4cc(OC)ccc4o3)C2)CCCC1. The van der Waals surface area contributed by atoms with Gasteiger partial charge in [0.25, 0.3) is 6.01 Å². The molecule has 1 N–H and O–H groups in total. The van der Waals surface area contributed by atoms with Gasteiger partial charge >= 0.3 is 0 Å². The van der Waals surface area contributed by atoms with Crippen LogP contribution in [0, 0.1) is 5.92 Å². The van der Waals surface area contributed by atoms with Gasteiger partial charge in [-0.25, -0.2) is 0 Å². The molecule has 1 aromatic carbocycles. The summed E-state index contributed by atoms with van der Waals surface area (Å²) in [6.45, 7) is 2.28. The summed E-state index contributed by atoms with van der Waals surface area (Å²) in [7, 11) is 3.35. The van der Waals surface area contributed by atoms with Gasteiger partial charge < -0.3 is 24.1 Å². The van der Waals surface area contributed by atoms with Crippen LogP contribution < -0.4 is 15.0 Å². The number of hydrogen-bond acceptors (Lipinski definition) is 6. The monoisotopic (exact) mass is 401 g/mol. The van der Waals surface area contributed by atoms with Crippen molar-refractivity contribution < 1.29 is 18.7 Å². The second kappa shape index (κ2) is 8.61. The van der Waals surface area contributed by atoms with E-state index in [1.54, 1.807) is 14.2 Å². The Bertz CT molecular complexity index is 844. The Morgan fingerprint density at radius 2 is 2.14 bits per heavy atom. The van der Waals surface area contributed by atoms with Gasteiger partial charge in [-0.2, -0.15) is 4.98 Å². The molecule has 0 spiro atoms. The number of piperidine rings is 1. The van der Waals surface area contributed by atoms with Gasteiger partial charge in [-0.1, -0.05) is 12.8 Å². The fraction of sp³-hybridized carbons (Fsp3) is 0.636. The van der Waals surface area contributed by atoms with Crippen molar-refractivity contribution in [1.29, 1.82) is 0 Å². The summed E-state index contributed by atoms with van der Waals surface area (Å²) < 4.78 is 16.6. The minimum atomic E-state index is -0.167. The Labute approximate surface area is 171 Å². The molecule has 1 saturated heterocycles. The molecular weight excluding hydrogens is 370 g/mol. The number of methoxy groups -OCH3 is 2. The molecule has 1 aliphatic heterocycles. The second-order valence-corrected chi connectivity index (χ2v) is 8.46. The Morgan fingerprint density at radius 3 is 2.90 bits per heavy atom. The van der Waals surface area contributed by atoms with E-state index in [2.05, 4.69) is 15.2 Å². The number of nitrogens with one attached hydrogen (secondary N) is 1. The zero-order chi connectivity index (χ0) is 20.3. The number of fused-ring (bicyclic) bond motifs is 1. The summed E-state index contributed by atoms with van der Waals surface area (Å²) in [5, 5.41) is 3.29. The van der Waals surface area contributed by atoms with Crippen LogP contribution >= 0.6 is 0 Å². The smallest absolute Gasteiger partial charge is 0.298 e. The highest BCUT2D eigenvalue weighted by molar-refractivity contribution is 5.78. The first-order valence-electron chi connectivity index (χ1n) is 10.6. The molecule has 1 saturated carbocycles. The predicted molar refractivity (Wildman–Crippen MR) is 111 cm³/mol. The number of carbonyl (C=O) groups excluding carboxylic acids is 1. The van der Waals surface area contributed by atoms with Crippen LogP contribution in [0.1, 0.15) is 44.9 Å². The van der Waals surface area contributed by atoms with Crippen LogP contribution in [0.15, 0.2) is 22.6 Å².